The van der Waals surface area contributed by atoms with Crippen LogP contribution in [0.4, 0.5) is 5.69 Å². The third-order valence-corrected chi connectivity index (χ3v) is 1.66. The van der Waals surface area contributed by atoms with Crippen LogP contribution in [-0.2, 0) is 4.79 Å². The Labute approximate surface area is 97.1 Å². The predicted octanol–water partition coefficient (Wildman–Crippen LogP) is 3.20. The van der Waals surface area contributed by atoms with E-state index >= 15 is 0 Å². The zero-order valence-electron chi connectivity index (χ0n) is 7.01. The second-order valence-corrected chi connectivity index (χ2v) is 4.91. The van der Waals surface area contributed by atoms with E-state index in [0.717, 1.165) is 6.42 Å². The van der Waals surface area contributed by atoms with Crippen molar-refractivity contribution in [3.05, 3.63) is 36.8 Å². The third kappa shape index (κ3) is 4.70. The molecule has 0 aliphatic heterocycles. The van der Waals surface area contributed by atoms with E-state index in [4.69, 9.17) is 34.8 Å². The van der Waals surface area contributed by atoms with Crippen LogP contribution in [0.25, 0.3) is 0 Å². The van der Waals surface area contributed by atoms with E-state index in [9.17, 15) is 4.79 Å². The number of rotatable bonds is 2. The Bertz CT molecular complexity index is 308. The van der Waals surface area contributed by atoms with E-state index in [1.807, 2.05) is 6.07 Å². The molecule has 0 aliphatic carbocycles. The number of anilines is 1. The molecule has 0 saturated heterocycles. The number of para-hydroxylation sites is 1. The van der Waals surface area contributed by atoms with Crippen molar-refractivity contribution in [3.8, 4) is 0 Å². The molecular weight excluding hydrogens is 244 g/mol. The van der Waals surface area contributed by atoms with Gasteiger partial charge in [-0.3, -0.25) is 4.79 Å². The molecule has 0 saturated carbocycles. The van der Waals surface area contributed by atoms with Crippen molar-refractivity contribution in [1.29, 1.82) is 0 Å². The Morgan fingerprint density at radius 1 is 1.21 bits per heavy atom. The molecule has 0 fully saturated rings. The second kappa shape index (κ2) is 4.87. The molecule has 0 bridgehead atoms. The van der Waals surface area contributed by atoms with Gasteiger partial charge >= 0.3 is 0 Å². The van der Waals surface area contributed by atoms with Crippen LogP contribution in [0, 0.1) is 6.42 Å². The van der Waals surface area contributed by atoms with Gasteiger partial charge in [-0.25, -0.2) is 0 Å². The monoisotopic (exact) mass is 250 g/mol. The molecule has 1 rings (SSSR count). The molecule has 0 aliphatic rings. The zero-order chi connectivity index (χ0) is 10.6. The van der Waals surface area contributed by atoms with Crippen LogP contribution in [0.3, 0.4) is 0 Å². The van der Waals surface area contributed by atoms with Crippen LogP contribution in [-0.4, -0.2) is 9.70 Å². The Kier molecular flexibility index (Phi) is 4.05. The summed E-state index contributed by atoms with van der Waals surface area (Å²) >= 11 is 16.2. The molecule has 0 heterocycles. The summed E-state index contributed by atoms with van der Waals surface area (Å²) in [6.07, 6.45) is 0.977. The quantitative estimate of drug-likeness (QED) is 0.804. The standard InChI is InChI=1S/C9H7Cl3NO/c10-9(11,12)6-8(14)13-7-4-2-1-3-5-7/h1-6H,(H,13,14). The lowest BCUT2D eigenvalue weighted by molar-refractivity contribution is -0.113. The number of benzene rings is 1. The van der Waals surface area contributed by atoms with Gasteiger partial charge in [-0.15, -0.1) is 0 Å². The minimum atomic E-state index is -1.67. The first-order chi connectivity index (χ1) is 6.47. The molecule has 1 N–H and O–H groups in total. The molecule has 1 aromatic rings. The second-order valence-electron chi connectivity index (χ2n) is 2.54. The third-order valence-electron chi connectivity index (χ3n) is 1.34. The summed E-state index contributed by atoms with van der Waals surface area (Å²) in [6.45, 7) is 0. The van der Waals surface area contributed by atoms with Gasteiger partial charge in [0.15, 0.2) is 0 Å². The van der Waals surface area contributed by atoms with Crippen molar-refractivity contribution >= 4 is 46.4 Å². The summed E-state index contributed by atoms with van der Waals surface area (Å²) in [5.41, 5.74) is 0.656. The highest BCUT2D eigenvalue weighted by atomic mass is 35.6. The van der Waals surface area contributed by atoms with Gasteiger partial charge < -0.3 is 5.32 Å². The Balaban J connectivity index is 2.50. The van der Waals surface area contributed by atoms with E-state index in [1.165, 1.54) is 0 Å². The van der Waals surface area contributed by atoms with Crippen LogP contribution in [0.1, 0.15) is 0 Å². The van der Waals surface area contributed by atoms with Gasteiger partial charge in [0.25, 0.3) is 0 Å². The van der Waals surface area contributed by atoms with E-state index in [1.54, 1.807) is 24.3 Å². The molecule has 0 atom stereocenters. The maximum atomic E-state index is 11.2. The number of carbonyl (C=O) groups excluding carboxylic acids is 1. The average molecular weight is 252 g/mol. The summed E-state index contributed by atoms with van der Waals surface area (Å²) in [6, 6.07) is 8.92. The first-order valence-electron chi connectivity index (χ1n) is 3.76. The number of halogens is 3. The fourth-order valence-electron chi connectivity index (χ4n) is 0.848. The lowest BCUT2D eigenvalue weighted by atomic mass is 10.3. The van der Waals surface area contributed by atoms with Crippen molar-refractivity contribution in [2.24, 2.45) is 0 Å². The molecule has 0 unspecified atom stereocenters. The van der Waals surface area contributed by atoms with Gasteiger partial charge in [-0.05, 0) is 12.1 Å². The molecule has 1 amide bonds. The van der Waals surface area contributed by atoms with E-state index in [0.29, 0.717) is 5.69 Å². The Hall–Kier alpha value is -0.440. The van der Waals surface area contributed by atoms with Gasteiger partial charge in [0, 0.05) is 5.69 Å². The van der Waals surface area contributed by atoms with E-state index in [-0.39, 0.29) is 0 Å². The van der Waals surface area contributed by atoms with Gasteiger partial charge in [0.1, 0.15) is 6.42 Å². The van der Waals surface area contributed by atoms with Crippen LogP contribution in [0.5, 0.6) is 0 Å². The predicted molar refractivity (Wildman–Crippen MR) is 59.7 cm³/mol. The smallest absolute Gasteiger partial charge is 0.232 e. The SMILES string of the molecule is O=C([CH]C(Cl)(Cl)Cl)Nc1ccccc1. The maximum absolute atomic E-state index is 11.2. The normalized spacial score (nSPS) is 11.1. The maximum Gasteiger partial charge on any atom is 0.232 e. The summed E-state index contributed by atoms with van der Waals surface area (Å²) in [5, 5.41) is 2.55. The largest absolute Gasteiger partial charge is 0.326 e. The summed E-state index contributed by atoms with van der Waals surface area (Å²) in [4.78, 5) is 11.2. The number of amides is 1. The molecule has 0 aromatic heterocycles. The molecule has 1 radical (unpaired) electrons. The lowest BCUT2D eigenvalue weighted by Crippen LogP contribution is -2.19. The lowest BCUT2D eigenvalue weighted by Gasteiger charge is -2.09. The van der Waals surface area contributed by atoms with Crippen molar-refractivity contribution in [2.75, 3.05) is 5.32 Å². The van der Waals surface area contributed by atoms with Crippen molar-refractivity contribution in [2.45, 2.75) is 3.79 Å². The van der Waals surface area contributed by atoms with Crippen molar-refractivity contribution in [3.63, 3.8) is 0 Å². The Morgan fingerprint density at radius 2 is 1.79 bits per heavy atom. The first-order valence-corrected chi connectivity index (χ1v) is 4.89. The highest BCUT2D eigenvalue weighted by Gasteiger charge is 2.24. The number of hydrogen-bond donors (Lipinski definition) is 1. The van der Waals surface area contributed by atoms with Crippen LogP contribution in [0.2, 0.25) is 0 Å². The molecule has 75 valence electrons. The molecule has 2 nitrogen and oxygen atoms in total. The van der Waals surface area contributed by atoms with Gasteiger partial charge in [0.2, 0.25) is 9.70 Å². The molecule has 0 spiro atoms. The van der Waals surface area contributed by atoms with E-state index in [2.05, 4.69) is 5.32 Å². The highest BCUT2D eigenvalue weighted by Crippen LogP contribution is 2.29. The Morgan fingerprint density at radius 3 is 2.29 bits per heavy atom. The molecular formula is C9H7Cl3NO. The number of hydrogen-bond acceptors (Lipinski definition) is 1. The molecule has 5 heteroatoms. The summed E-state index contributed by atoms with van der Waals surface area (Å²) in [5.74, 6) is -0.448. The minimum absolute atomic E-state index is 0.448. The minimum Gasteiger partial charge on any atom is -0.326 e. The fraction of sp³-hybridized carbons (Fsp3) is 0.111. The zero-order valence-corrected chi connectivity index (χ0v) is 9.27. The highest BCUT2D eigenvalue weighted by molar-refractivity contribution is 6.69. The van der Waals surface area contributed by atoms with E-state index < -0.39 is 9.70 Å². The van der Waals surface area contributed by atoms with Crippen LogP contribution < -0.4 is 5.32 Å². The number of nitrogens with one attached hydrogen (secondary N) is 1. The van der Waals surface area contributed by atoms with Crippen LogP contribution >= 0.6 is 34.8 Å². The summed E-state index contributed by atoms with van der Waals surface area (Å²) < 4.78 is -1.67. The van der Waals surface area contributed by atoms with Gasteiger partial charge in [-0.2, -0.15) is 0 Å². The number of alkyl halides is 3. The van der Waals surface area contributed by atoms with Gasteiger partial charge in [-0.1, -0.05) is 53.0 Å². The summed E-state index contributed by atoms with van der Waals surface area (Å²) in [7, 11) is 0. The number of carbonyl (C=O) groups is 1. The van der Waals surface area contributed by atoms with Crippen LogP contribution in [0.15, 0.2) is 30.3 Å². The van der Waals surface area contributed by atoms with Gasteiger partial charge in [0.05, 0.1) is 0 Å². The first kappa shape index (κ1) is 11.6. The molecule has 1 aromatic carbocycles. The van der Waals surface area contributed by atoms with Crippen molar-refractivity contribution in [1.82, 2.24) is 0 Å². The van der Waals surface area contributed by atoms with Crippen molar-refractivity contribution < 1.29 is 4.79 Å². The topological polar surface area (TPSA) is 29.1 Å². The molecule has 14 heavy (non-hydrogen) atoms. The fourth-order valence-corrected chi connectivity index (χ4v) is 1.15. The average Bonchev–Trinajstić information content (AvgIpc) is 2.02.